The fraction of sp³-hybridized carbons (Fsp3) is 0.238. The average molecular weight is 457 g/mol. The van der Waals surface area contributed by atoms with Crippen molar-refractivity contribution in [3.05, 3.63) is 57.8 Å². The van der Waals surface area contributed by atoms with Crippen LogP contribution in [0, 0.1) is 20.8 Å². The van der Waals surface area contributed by atoms with Crippen LogP contribution < -0.4 is 10.9 Å². The van der Waals surface area contributed by atoms with E-state index in [0.29, 0.717) is 21.7 Å². The molecule has 4 aromatic rings. The van der Waals surface area contributed by atoms with E-state index in [4.69, 9.17) is 0 Å². The summed E-state index contributed by atoms with van der Waals surface area (Å²) in [6.07, 6.45) is 1.12. The van der Waals surface area contributed by atoms with Crippen LogP contribution in [0.3, 0.4) is 0 Å². The van der Waals surface area contributed by atoms with Crippen molar-refractivity contribution in [1.29, 1.82) is 0 Å². The molecule has 0 radical (unpaired) electrons. The topological polar surface area (TPSA) is 111 Å². The third-order valence-electron chi connectivity index (χ3n) is 4.93. The van der Waals surface area contributed by atoms with Gasteiger partial charge >= 0.3 is 0 Å². The van der Waals surface area contributed by atoms with E-state index in [9.17, 15) is 18.0 Å². The van der Waals surface area contributed by atoms with Crippen molar-refractivity contribution in [2.24, 2.45) is 0 Å². The number of rotatable bonds is 4. The molecular formula is C21H20N4O4S2. The fourth-order valence-corrected chi connectivity index (χ4v) is 5.30. The first-order valence-corrected chi connectivity index (χ1v) is 12.1. The van der Waals surface area contributed by atoms with Crippen LogP contribution in [-0.4, -0.2) is 35.1 Å². The van der Waals surface area contributed by atoms with Crippen LogP contribution in [0.4, 0.5) is 5.69 Å². The molecule has 0 aliphatic rings. The Bertz CT molecular complexity index is 1520. The summed E-state index contributed by atoms with van der Waals surface area (Å²) in [4.78, 5) is 35.7. The number of thiophene rings is 1. The summed E-state index contributed by atoms with van der Waals surface area (Å²) in [7, 11) is -3.32. The van der Waals surface area contributed by atoms with E-state index in [2.05, 4.69) is 15.3 Å². The summed E-state index contributed by atoms with van der Waals surface area (Å²) in [5.74, 6) is 0.0180. The average Bonchev–Trinajstić information content (AvgIpc) is 3.03. The summed E-state index contributed by atoms with van der Waals surface area (Å²) >= 11 is 1.28. The highest BCUT2D eigenvalue weighted by atomic mass is 32.2. The van der Waals surface area contributed by atoms with E-state index in [0.717, 1.165) is 27.7 Å². The number of hydrogen-bond acceptors (Lipinski definition) is 7. The zero-order valence-corrected chi connectivity index (χ0v) is 19.0. The summed E-state index contributed by atoms with van der Waals surface area (Å²) in [6, 6.07) is 7.82. The van der Waals surface area contributed by atoms with Gasteiger partial charge in [0, 0.05) is 23.0 Å². The second-order valence-corrected chi connectivity index (χ2v) is 10.5. The number of hydrogen-bond donors (Lipinski definition) is 1. The van der Waals surface area contributed by atoms with Crippen molar-refractivity contribution in [3.63, 3.8) is 0 Å². The number of carbonyl (C=O) groups excluding carboxylic acids is 1. The zero-order valence-electron chi connectivity index (χ0n) is 17.4. The van der Waals surface area contributed by atoms with Gasteiger partial charge in [0.05, 0.1) is 10.4 Å². The Balaban J connectivity index is 1.67. The summed E-state index contributed by atoms with van der Waals surface area (Å²) < 4.78 is 24.9. The summed E-state index contributed by atoms with van der Waals surface area (Å²) in [5, 5.41) is 3.55. The highest BCUT2D eigenvalue weighted by Crippen LogP contribution is 2.32. The molecule has 0 aliphatic heterocycles. The van der Waals surface area contributed by atoms with Gasteiger partial charge in [-0.3, -0.25) is 14.2 Å². The minimum absolute atomic E-state index is 0.163. The lowest BCUT2D eigenvalue weighted by molar-refractivity contribution is -0.116. The maximum atomic E-state index is 13.1. The SMILES string of the molecule is Cc1cc(C)c2c(n1)sc1c(=O)n(CC(=O)Nc3ccc(S(C)(=O)=O)cc3)c(C)nc12. The first-order valence-electron chi connectivity index (χ1n) is 9.42. The maximum Gasteiger partial charge on any atom is 0.272 e. The second-order valence-electron chi connectivity index (χ2n) is 7.44. The molecule has 10 heteroatoms. The molecule has 8 nitrogen and oxygen atoms in total. The van der Waals surface area contributed by atoms with Crippen molar-refractivity contribution < 1.29 is 13.2 Å². The maximum absolute atomic E-state index is 13.1. The lowest BCUT2D eigenvalue weighted by Gasteiger charge is -2.10. The Morgan fingerprint density at radius 1 is 1.13 bits per heavy atom. The highest BCUT2D eigenvalue weighted by molar-refractivity contribution is 7.90. The van der Waals surface area contributed by atoms with Gasteiger partial charge in [0.2, 0.25) is 5.91 Å². The summed E-state index contributed by atoms with van der Waals surface area (Å²) in [5.41, 5.74) is 2.64. The number of sulfone groups is 1. The molecule has 0 saturated heterocycles. The Hall–Kier alpha value is -3.11. The molecule has 0 fully saturated rings. The van der Waals surface area contributed by atoms with Crippen LogP contribution in [0.5, 0.6) is 0 Å². The molecule has 1 N–H and O–H groups in total. The molecule has 0 bridgehead atoms. The minimum atomic E-state index is -3.32. The number of amides is 1. The number of fused-ring (bicyclic) bond motifs is 3. The van der Waals surface area contributed by atoms with Crippen LogP contribution in [0.1, 0.15) is 17.1 Å². The van der Waals surface area contributed by atoms with Gasteiger partial charge in [-0.25, -0.2) is 18.4 Å². The van der Waals surface area contributed by atoms with Crippen LogP contribution in [0.2, 0.25) is 0 Å². The third kappa shape index (κ3) is 3.96. The van der Waals surface area contributed by atoms with Crippen LogP contribution in [-0.2, 0) is 21.2 Å². The second kappa shape index (κ2) is 7.54. The molecular weight excluding hydrogens is 436 g/mol. The van der Waals surface area contributed by atoms with Gasteiger partial charge in [0.1, 0.15) is 21.9 Å². The van der Waals surface area contributed by atoms with Crippen molar-refractivity contribution in [2.75, 3.05) is 11.6 Å². The van der Waals surface area contributed by atoms with Crippen molar-refractivity contribution in [3.8, 4) is 0 Å². The molecule has 31 heavy (non-hydrogen) atoms. The first kappa shape index (κ1) is 21.1. The standard InChI is InChI=1S/C21H20N4O4S2/c1-11-9-12(2)22-20-17(11)18-19(30-20)21(27)25(13(3)23-18)10-16(26)24-14-5-7-15(8-6-14)31(4,28)29/h5-9H,10H2,1-4H3,(H,24,26). The largest absolute Gasteiger partial charge is 0.325 e. The zero-order chi connectivity index (χ0) is 22.5. The smallest absolute Gasteiger partial charge is 0.272 e. The fourth-order valence-electron chi connectivity index (χ4n) is 3.48. The van der Waals surface area contributed by atoms with E-state index in [-0.39, 0.29) is 17.0 Å². The van der Waals surface area contributed by atoms with Gasteiger partial charge in [0.15, 0.2) is 9.84 Å². The molecule has 0 spiro atoms. The lowest BCUT2D eigenvalue weighted by Crippen LogP contribution is -2.29. The van der Waals surface area contributed by atoms with Crippen LogP contribution in [0.15, 0.2) is 40.0 Å². The van der Waals surface area contributed by atoms with Crippen molar-refractivity contribution in [2.45, 2.75) is 32.2 Å². The Kier molecular flexibility index (Phi) is 5.14. The molecule has 4 rings (SSSR count). The normalized spacial score (nSPS) is 11.9. The van der Waals surface area contributed by atoms with Gasteiger partial charge in [-0.2, -0.15) is 0 Å². The Morgan fingerprint density at radius 3 is 2.45 bits per heavy atom. The summed E-state index contributed by atoms with van der Waals surface area (Å²) in [6.45, 7) is 5.35. The number of nitrogens with zero attached hydrogens (tertiary/aromatic N) is 3. The molecule has 3 heterocycles. The molecule has 0 saturated carbocycles. The molecule has 1 amide bonds. The predicted molar refractivity (Wildman–Crippen MR) is 122 cm³/mol. The molecule has 0 aliphatic carbocycles. The van der Waals surface area contributed by atoms with E-state index in [1.807, 2.05) is 19.9 Å². The molecule has 160 valence electrons. The van der Waals surface area contributed by atoms with Gasteiger partial charge < -0.3 is 5.32 Å². The number of anilines is 1. The van der Waals surface area contributed by atoms with Crippen molar-refractivity contribution in [1.82, 2.24) is 14.5 Å². The van der Waals surface area contributed by atoms with Gasteiger partial charge in [0.25, 0.3) is 5.56 Å². The first-order chi connectivity index (χ1) is 14.5. The van der Waals surface area contributed by atoms with Crippen molar-refractivity contribution >= 4 is 53.2 Å². The van der Waals surface area contributed by atoms with Gasteiger partial charge in [-0.15, -0.1) is 11.3 Å². The lowest BCUT2D eigenvalue weighted by atomic mass is 10.1. The quantitative estimate of drug-likeness (QED) is 0.505. The Labute approximate surface area is 182 Å². The van der Waals surface area contributed by atoms with E-state index < -0.39 is 15.7 Å². The molecule has 1 aromatic carbocycles. The van der Waals surface area contributed by atoms with Crippen LogP contribution in [0.25, 0.3) is 20.4 Å². The predicted octanol–water partition coefficient (Wildman–Crippen LogP) is 2.97. The van der Waals surface area contributed by atoms with Gasteiger partial charge in [-0.05, 0) is 56.7 Å². The molecule has 3 aromatic heterocycles. The number of benzene rings is 1. The number of nitrogens with one attached hydrogen (secondary N) is 1. The minimum Gasteiger partial charge on any atom is -0.325 e. The van der Waals surface area contributed by atoms with Gasteiger partial charge in [-0.1, -0.05) is 0 Å². The van der Waals surface area contributed by atoms with E-state index in [1.165, 1.54) is 40.2 Å². The van der Waals surface area contributed by atoms with Crippen LogP contribution >= 0.6 is 11.3 Å². The van der Waals surface area contributed by atoms with E-state index in [1.54, 1.807) is 6.92 Å². The number of aromatic nitrogens is 3. The Morgan fingerprint density at radius 2 is 1.81 bits per heavy atom. The number of aryl methyl sites for hydroxylation is 3. The monoisotopic (exact) mass is 456 g/mol. The number of pyridine rings is 1. The molecule has 0 unspecified atom stereocenters. The van der Waals surface area contributed by atoms with E-state index >= 15 is 0 Å². The molecule has 0 atom stereocenters. The third-order valence-corrected chi connectivity index (χ3v) is 7.12. The number of carbonyl (C=O) groups is 1. The highest BCUT2D eigenvalue weighted by Gasteiger charge is 2.18.